The number of hydrogen-bond acceptors (Lipinski definition) is 12. The molecule has 1 aromatic heterocycles. The molecule has 12 nitrogen and oxygen atoms in total. The Kier molecular flexibility index (Phi) is 7.18. The van der Waals surface area contributed by atoms with Gasteiger partial charge < -0.3 is 48.9 Å². The highest BCUT2D eigenvalue weighted by Gasteiger charge is 2.65. The molecule has 2 saturated heterocycles. The second-order valence-electron chi connectivity index (χ2n) is 10.8. The van der Waals surface area contributed by atoms with Crippen molar-refractivity contribution in [3.05, 3.63) is 35.3 Å². The molecular weight excluding hydrogens is 504 g/mol. The molecule has 210 valence electrons. The lowest BCUT2D eigenvalue weighted by atomic mass is 9.50. The SMILES string of the molecule is COC(=O)C1=C2CCC3(O)C(=O)OC(c4ccoc4)CC3(C)C2CCC1OC1OC(CO)C(O)C(O)C1O. The van der Waals surface area contributed by atoms with Crippen LogP contribution in [-0.4, -0.2) is 93.6 Å². The van der Waals surface area contributed by atoms with E-state index in [4.69, 9.17) is 23.4 Å². The van der Waals surface area contributed by atoms with Gasteiger partial charge in [0.05, 0.1) is 37.9 Å². The van der Waals surface area contributed by atoms with Gasteiger partial charge in [-0.3, -0.25) is 0 Å². The van der Waals surface area contributed by atoms with Crippen molar-refractivity contribution in [2.75, 3.05) is 13.7 Å². The van der Waals surface area contributed by atoms with Gasteiger partial charge in [-0.25, -0.2) is 9.59 Å². The van der Waals surface area contributed by atoms with Gasteiger partial charge in [-0.15, -0.1) is 0 Å². The highest BCUT2D eigenvalue weighted by atomic mass is 16.7. The topological polar surface area (TPSA) is 185 Å². The zero-order chi connectivity index (χ0) is 27.4. The molecule has 10 atom stereocenters. The summed E-state index contributed by atoms with van der Waals surface area (Å²) in [6, 6.07) is 1.70. The number of allylic oxidation sites excluding steroid dienone is 1. The van der Waals surface area contributed by atoms with Gasteiger partial charge >= 0.3 is 11.9 Å². The first-order valence-corrected chi connectivity index (χ1v) is 12.8. The number of methoxy groups -OCH3 is 1. The number of carbonyl (C=O) groups excluding carboxylic acids is 2. The highest BCUT2D eigenvalue weighted by molar-refractivity contribution is 5.91. The Morgan fingerprint density at radius 2 is 1.95 bits per heavy atom. The van der Waals surface area contributed by atoms with Gasteiger partial charge in [0.2, 0.25) is 0 Å². The minimum Gasteiger partial charge on any atom is -0.472 e. The summed E-state index contributed by atoms with van der Waals surface area (Å²) in [7, 11) is 1.23. The summed E-state index contributed by atoms with van der Waals surface area (Å²) in [6.07, 6.45) is -4.73. The van der Waals surface area contributed by atoms with Crippen molar-refractivity contribution in [3.8, 4) is 0 Å². The van der Waals surface area contributed by atoms with Crippen molar-refractivity contribution in [1.29, 1.82) is 0 Å². The van der Waals surface area contributed by atoms with Crippen LogP contribution in [0.4, 0.5) is 0 Å². The van der Waals surface area contributed by atoms with Crippen molar-refractivity contribution in [2.24, 2.45) is 11.3 Å². The molecule has 0 aromatic carbocycles. The first kappa shape index (κ1) is 27.3. The lowest BCUT2D eigenvalue weighted by molar-refractivity contribution is -0.309. The Bertz CT molecular complexity index is 1080. The molecule has 3 heterocycles. The minimum absolute atomic E-state index is 0.0273. The van der Waals surface area contributed by atoms with E-state index >= 15 is 0 Å². The van der Waals surface area contributed by atoms with Crippen LogP contribution < -0.4 is 0 Å². The van der Waals surface area contributed by atoms with Crippen LogP contribution >= 0.6 is 0 Å². The first-order chi connectivity index (χ1) is 18.1. The molecule has 0 bridgehead atoms. The third kappa shape index (κ3) is 4.10. The van der Waals surface area contributed by atoms with Crippen LogP contribution in [0.15, 0.2) is 34.2 Å². The standard InChI is InChI=1S/C26H34O12/c1-25-9-16(12-6-8-35-11-12)38-24(32)26(25,33)7-5-13-14(25)3-4-15(18(13)22(31)34-2)36-23-21(30)20(29)19(28)17(10-27)37-23/h6,8,11,14-17,19-21,23,27-30,33H,3-5,7,9-10H2,1-2H3. The zero-order valence-electron chi connectivity index (χ0n) is 21.2. The van der Waals surface area contributed by atoms with Crippen molar-refractivity contribution in [1.82, 2.24) is 0 Å². The summed E-state index contributed by atoms with van der Waals surface area (Å²) < 4.78 is 27.4. The second kappa shape index (κ2) is 10.0. The number of ether oxygens (including phenoxy) is 4. The molecule has 1 saturated carbocycles. The van der Waals surface area contributed by atoms with Gasteiger partial charge in [0.25, 0.3) is 0 Å². The van der Waals surface area contributed by atoms with Crippen LogP contribution in [0, 0.1) is 11.3 Å². The summed E-state index contributed by atoms with van der Waals surface area (Å²) >= 11 is 0. The number of aliphatic hydroxyl groups is 5. The number of hydrogen-bond donors (Lipinski definition) is 5. The Labute approximate surface area is 218 Å². The van der Waals surface area contributed by atoms with Crippen molar-refractivity contribution in [3.63, 3.8) is 0 Å². The van der Waals surface area contributed by atoms with Gasteiger partial charge in [-0.05, 0) is 44.1 Å². The van der Waals surface area contributed by atoms with Crippen molar-refractivity contribution >= 4 is 11.9 Å². The van der Waals surface area contributed by atoms with E-state index in [1.54, 1.807) is 6.07 Å². The largest absolute Gasteiger partial charge is 0.472 e. The number of aliphatic hydroxyl groups excluding tert-OH is 4. The van der Waals surface area contributed by atoms with Crippen LogP contribution in [0.1, 0.15) is 50.7 Å². The predicted molar refractivity (Wildman–Crippen MR) is 125 cm³/mol. The van der Waals surface area contributed by atoms with Crippen LogP contribution in [0.2, 0.25) is 0 Å². The van der Waals surface area contributed by atoms with Crippen LogP contribution in [-0.2, 0) is 28.5 Å². The molecule has 3 fully saturated rings. The zero-order valence-corrected chi connectivity index (χ0v) is 21.2. The van der Waals surface area contributed by atoms with Gasteiger partial charge in [-0.1, -0.05) is 12.5 Å². The molecular formula is C26H34O12. The Hall–Kier alpha value is -2.32. The molecule has 10 unspecified atom stereocenters. The van der Waals surface area contributed by atoms with Gasteiger partial charge in [0.15, 0.2) is 11.9 Å². The molecule has 2 aliphatic heterocycles. The Morgan fingerprint density at radius 3 is 2.61 bits per heavy atom. The van der Waals surface area contributed by atoms with Crippen LogP contribution in [0.3, 0.4) is 0 Å². The van der Waals surface area contributed by atoms with Crippen LogP contribution in [0.25, 0.3) is 0 Å². The van der Waals surface area contributed by atoms with E-state index in [2.05, 4.69) is 0 Å². The average Bonchev–Trinajstić information content (AvgIpc) is 3.45. The normalized spacial score (nSPS) is 43.2. The fraction of sp³-hybridized carbons (Fsp3) is 0.692. The van der Waals surface area contributed by atoms with E-state index in [0.29, 0.717) is 24.0 Å². The third-order valence-corrected chi connectivity index (χ3v) is 8.94. The molecule has 0 amide bonds. The maximum Gasteiger partial charge on any atom is 0.339 e. The molecule has 5 rings (SSSR count). The monoisotopic (exact) mass is 538 g/mol. The lowest BCUT2D eigenvalue weighted by Gasteiger charge is -2.57. The average molecular weight is 539 g/mol. The molecule has 1 aromatic rings. The summed E-state index contributed by atoms with van der Waals surface area (Å²) in [5, 5.41) is 51.9. The fourth-order valence-corrected chi connectivity index (χ4v) is 6.73. The quantitative estimate of drug-likeness (QED) is 0.313. The number of furan rings is 1. The molecule has 2 aliphatic carbocycles. The van der Waals surface area contributed by atoms with Gasteiger partial charge in [-0.2, -0.15) is 0 Å². The number of rotatable bonds is 5. The van der Waals surface area contributed by atoms with E-state index < -0.39 is 72.5 Å². The maximum atomic E-state index is 13.1. The van der Waals surface area contributed by atoms with E-state index in [0.717, 1.165) is 0 Å². The number of carbonyl (C=O) groups is 2. The molecule has 0 radical (unpaired) electrons. The second-order valence-corrected chi connectivity index (χ2v) is 10.8. The number of fused-ring (bicyclic) bond motifs is 3. The predicted octanol–water partition coefficient (Wildman–Crippen LogP) is -0.136. The third-order valence-electron chi connectivity index (χ3n) is 8.94. The molecule has 0 spiro atoms. The maximum absolute atomic E-state index is 13.1. The van der Waals surface area contributed by atoms with Gasteiger partial charge in [0, 0.05) is 11.0 Å². The molecule has 5 N–H and O–H groups in total. The first-order valence-electron chi connectivity index (χ1n) is 12.8. The summed E-state index contributed by atoms with van der Waals surface area (Å²) in [6.45, 7) is 1.21. The Morgan fingerprint density at radius 1 is 1.18 bits per heavy atom. The summed E-state index contributed by atoms with van der Waals surface area (Å²) in [5.41, 5.74) is -1.17. The van der Waals surface area contributed by atoms with Gasteiger partial charge in [0.1, 0.15) is 30.5 Å². The van der Waals surface area contributed by atoms with E-state index in [9.17, 15) is 35.1 Å². The van der Waals surface area contributed by atoms with E-state index in [1.165, 1.54) is 19.6 Å². The number of esters is 2. The van der Waals surface area contributed by atoms with Crippen LogP contribution in [0.5, 0.6) is 0 Å². The van der Waals surface area contributed by atoms with Crippen molar-refractivity contribution < 1.29 is 58.5 Å². The smallest absolute Gasteiger partial charge is 0.339 e. The highest BCUT2D eigenvalue weighted by Crippen LogP contribution is 2.61. The van der Waals surface area contributed by atoms with E-state index in [1.807, 2.05) is 6.92 Å². The summed E-state index contributed by atoms with van der Waals surface area (Å²) in [5.74, 6) is -1.75. The minimum atomic E-state index is -1.76. The molecule has 38 heavy (non-hydrogen) atoms. The fourth-order valence-electron chi connectivity index (χ4n) is 6.73. The summed E-state index contributed by atoms with van der Waals surface area (Å²) in [4.78, 5) is 26.2. The number of cyclic esters (lactones) is 1. The molecule has 4 aliphatic rings. The Balaban J connectivity index is 1.49. The molecule has 12 heteroatoms. The lowest BCUT2D eigenvalue weighted by Crippen LogP contribution is -2.64. The van der Waals surface area contributed by atoms with Crippen molar-refractivity contribution in [2.45, 2.75) is 87.5 Å². The van der Waals surface area contributed by atoms with E-state index in [-0.39, 0.29) is 30.8 Å².